The zero-order valence-electron chi connectivity index (χ0n) is 16.7. The van der Waals surface area contributed by atoms with Crippen molar-refractivity contribution in [3.63, 3.8) is 0 Å². The molecule has 2 aromatic heterocycles. The zero-order valence-corrected chi connectivity index (χ0v) is 17.5. The van der Waals surface area contributed by atoms with E-state index in [2.05, 4.69) is 44.9 Å². The summed E-state index contributed by atoms with van der Waals surface area (Å²) in [6.45, 7) is 9.08. The van der Waals surface area contributed by atoms with E-state index in [1.807, 2.05) is 22.8 Å². The van der Waals surface area contributed by atoms with Gasteiger partial charge in [0.1, 0.15) is 6.61 Å². The summed E-state index contributed by atoms with van der Waals surface area (Å²) in [7, 11) is 0. The third-order valence-electron chi connectivity index (χ3n) is 6.03. The molecule has 0 saturated carbocycles. The minimum Gasteiger partial charge on any atom is -0.373 e. The SMILES string of the molecule is CC[C@@H](C)NC(=O)c1nnc2n1CC1(CCN(Cc3cccs3)CC1)COC2. The molecule has 1 fully saturated rings. The Morgan fingerprint density at radius 2 is 2.21 bits per heavy atom. The number of piperidine rings is 1. The Hall–Kier alpha value is -1.77. The topological polar surface area (TPSA) is 72.3 Å². The van der Waals surface area contributed by atoms with Crippen molar-refractivity contribution in [3.8, 4) is 0 Å². The van der Waals surface area contributed by atoms with Crippen LogP contribution in [0.1, 0.15) is 54.4 Å². The first-order chi connectivity index (χ1) is 13.6. The van der Waals surface area contributed by atoms with E-state index in [0.717, 1.165) is 57.9 Å². The van der Waals surface area contributed by atoms with Crippen molar-refractivity contribution in [2.75, 3.05) is 19.7 Å². The number of carbonyl (C=O) groups is 1. The smallest absolute Gasteiger partial charge is 0.289 e. The molecule has 0 unspecified atom stereocenters. The lowest BCUT2D eigenvalue weighted by Gasteiger charge is -2.41. The molecule has 8 heteroatoms. The Morgan fingerprint density at radius 1 is 1.39 bits per heavy atom. The van der Waals surface area contributed by atoms with Gasteiger partial charge >= 0.3 is 0 Å². The van der Waals surface area contributed by atoms with Gasteiger partial charge in [-0.3, -0.25) is 9.69 Å². The van der Waals surface area contributed by atoms with Crippen LogP contribution in [0.2, 0.25) is 0 Å². The van der Waals surface area contributed by atoms with Crippen LogP contribution in [0, 0.1) is 5.41 Å². The average molecular weight is 404 g/mol. The number of fused-ring (bicyclic) bond motifs is 1. The Bertz CT molecular complexity index is 796. The molecule has 0 aliphatic carbocycles. The molecule has 2 aromatic rings. The second kappa shape index (κ2) is 8.31. The second-order valence-electron chi connectivity index (χ2n) is 8.16. The fourth-order valence-corrected chi connectivity index (χ4v) is 4.76. The van der Waals surface area contributed by atoms with Crippen molar-refractivity contribution < 1.29 is 9.53 Å². The fourth-order valence-electron chi connectivity index (χ4n) is 4.02. The molecule has 0 bridgehead atoms. The molecule has 0 aromatic carbocycles. The maximum absolute atomic E-state index is 12.7. The molecule has 2 aliphatic heterocycles. The van der Waals surface area contributed by atoms with E-state index in [4.69, 9.17) is 4.74 Å². The summed E-state index contributed by atoms with van der Waals surface area (Å²) in [5.41, 5.74) is 0.0466. The number of nitrogens with one attached hydrogen (secondary N) is 1. The number of aromatic nitrogens is 3. The largest absolute Gasteiger partial charge is 0.373 e. The molecule has 2 aliphatic rings. The van der Waals surface area contributed by atoms with Crippen molar-refractivity contribution >= 4 is 17.2 Å². The highest BCUT2D eigenvalue weighted by atomic mass is 32.1. The van der Waals surface area contributed by atoms with Crippen LogP contribution in [-0.2, 0) is 24.4 Å². The minimum atomic E-state index is -0.139. The third-order valence-corrected chi connectivity index (χ3v) is 6.89. The van der Waals surface area contributed by atoms with Crippen LogP contribution in [0.4, 0.5) is 0 Å². The molecule has 4 rings (SSSR count). The maximum atomic E-state index is 12.7. The summed E-state index contributed by atoms with van der Waals surface area (Å²) >= 11 is 1.82. The molecule has 4 heterocycles. The monoisotopic (exact) mass is 403 g/mol. The Kier molecular flexibility index (Phi) is 5.80. The molecule has 7 nitrogen and oxygen atoms in total. The predicted octanol–water partition coefficient (Wildman–Crippen LogP) is 2.68. The first kappa shape index (κ1) is 19.5. The predicted molar refractivity (Wildman–Crippen MR) is 108 cm³/mol. The van der Waals surface area contributed by atoms with Crippen LogP contribution in [0.3, 0.4) is 0 Å². The zero-order chi connectivity index (χ0) is 19.6. The van der Waals surface area contributed by atoms with Gasteiger partial charge in [0.2, 0.25) is 5.82 Å². The third kappa shape index (κ3) is 4.14. The highest BCUT2D eigenvalue weighted by molar-refractivity contribution is 7.09. The van der Waals surface area contributed by atoms with Crippen LogP contribution in [0.5, 0.6) is 0 Å². The van der Waals surface area contributed by atoms with Crippen LogP contribution in [0.25, 0.3) is 0 Å². The van der Waals surface area contributed by atoms with Crippen LogP contribution in [-0.4, -0.2) is 51.3 Å². The lowest BCUT2D eigenvalue weighted by atomic mass is 9.79. The van der Waals surface area contributed by atoms with E-state index in [1.165, 1.54) is 4.88 Å². The van der Waals surface area contributed by atoms with Crippen molar-refractivity contribution in [3.05, 3.63) is 34.0 Å². The highest BCUT2D eigenvalue weighted by Gasteiger charge is 2.39. The van der Waals surface area contributed by atoms with E-state index in [0.29, 0.717) is 12.4 Å². The van der Waals surface area contributed by atoms with Gasteiger partial charge in [-0.25, -0.2) is 0 Å². The number of rotatable bonds is 5. The van der Waals surface area contributed by atoms with Gasteiger partial charge < -0.3 is 14.6 Å². The first-order valence-corrected chi connectivity index (χ1v) is 11.0. The van der Waals surface area contributed by atoms with Crippen LogP contribution in [0.15, 0.2) is 17.5 Å². The number of hydrogen-bond acceptors (Lipinski definition) is 6. The van der Waals surface area contributed by atoms with Crippen molar-refractivity contribution in [1.82, 2.24) is 25.0 Å². The van der Waals surface area contributed by atoms with Gasteiger partial charge in [0.25, 0.3) is 5.91 Å². The summed E-state index contributed by atoms with van der Waals surface area (Å²) in [4.78, 5) is 16.6. The van der Waals surface area contributed by atoms with E-state index in [9.17, 15) is 4.79 Å². The number of thiophene rings is 1. The molecular formula is C20H29N5O2S. The Labute approximate surface area is 170 Å². The molecule has 1 atom stereocenters. The van der Waals surface area contributed by atoms with E-state index in [1.54, 1.807) is 0 Å². The number of nitrogens with zero attached hydrogens (tertiary/aromatic N) is 4. The fraction of sp³-hybridized carbons (Fsp3) is 0.650. The molecule has 1 saturated heterocycles. The number of carbonyl (C=O) groups excluding carboxylic acids is 1. The van der Waals surface area contributed by atoms with Crippen molar-refractivity contribution in [2.45, 2.75) is 58.8 Å². The summed E-state index contributed by atoms with van der Waals surface area (Å²) in [6.07, 6.45) is 3.00. The molecule has 1 amide bonds. The number of hydrogen-bond donors (Lipinski definition) is 1. The van der Waals surface area contributed by atoms with E-state index in [-0.39, 0.29) is 17.4 Å². The van der Waals surface area contributed by atoms with Gasteiger partial charge in [0.05, 0.1) is 6.61 Å². The van der Waals surface area contributed by atoms with Crippen LogP contribution >= 0.6 is 11.3 Å². The molecular weight excluding hydrogens is 374 g/mol. The maximum Gasteiger partial charge on any atom is 0.289 e. The first-order valence-electron chi connectivity index (χ1n) is 10.1. The number of ether oxygens (including phenoxy) is 1. The van der Waals surface area contributed by atoms with Crippen molar-refractivity contribution in [1.29, 1.82) is 0 Å². The van der Waals surface area contributed by atoms with Gasteiger partial charge in [0, 0.05) is 29.4 Å². The Balaban J connectivity index is 1.46. The minimum absolute atomic E-state index is 0.0466. The summed E-state index contributed by atoms with van der Waals surface area (Å²) in [6, 6.07) is 4.44. The molecule has 0 radical (unpaired) electrons. The number of amides is 1. The van der Waals surface area contributed by atoms with Gasteiger partial charge in [-0.15, -0.1) is 21.5 Å². The lowest BCUT2D eigenvalue weighted by molar-refractivity contribution is -0.00552. The van der Waals surface area contributed by atoms with Gasteiger partial charge in [-0.05, 0) is 50.7 Å². The molecule has 152 valence electrons. The summed E-state index contributed by atoms with van der Waals surface area (Å²) in [5, 5.41) is 13.6. The molecule has 1 N–H and O–H groups in total. The summed E-state index contributed by atoms with van der Waals surface area (Å²) < 4.78 is 7.98. The van der Waals surface area contributed by atoms with Crippen LogP contribution < -0.4 is 5.32 Å². The second-order valence-corrected chi connectivity index (χ2v) is 9.19. The van der Waals surface area contributed by atoms with Gasteiger partial charge in [-0.1, -0.05) is 13.0 Å². The highest BCUT2D eigenvalue weighted by Crippen LogP contribution is 2.37. The summed E-state index contributed by atoms with van der Waals surface area (Å²) in [5.74, 6) is 1.04. The number of likely N-dealkylation sites (tertiary alicyclic amines) is 1. The van der Waals surface area contributed by atoms with E-state index >= 15 is 0 Å². The van der Waals surface area contributed by atoms with Crippen molar-refractivity contribution in [2.24, 2.45) is 5.41 Å². The van der Waals surface area contributed by atoms with E-state index < -0.39 is 0 Å². The molecule has 1 spiro atoms. The normalized spacial score (nSPS) is 20.5. The van der Waals surface area contributed by atoms with Gasteiger partial charge in [0.15, 0.2) is 5.82 Å². The molecule has 28 heavy (non-hydrogen) atoms. The average Bonchev–Trinajstić information content (AvgIpc) is 3.30. The quantitative estimate of drug-likeness (QED) is 0.831. The lowest BCUT2D eigenvalue weighted by Crippen LogP contribution is -2.44. The van der Waals surface area contributed by atoms with Gasteiger partial charge in [-0.2, -0.15) is 0 Å². The Morgan fingerprint density at radius 3 is 2.93 bits per heavy atom. The standard InChI is InChI=1S/C20H29N5O2S/c1-3-15(2)21-19(26)18-23-22-17-12-27-14-20(13-25(17)18)6-8-24(9-7-20)11-16-5-4-10-28-16/h4-5,10,15H,3,6-9,11-14H2,1-2H3,(H,21,26)/t15-/m1/s1.